The first-order chi connectivity index (χ1) is 15.5. The molecule has 0 bridgehead atoms. The summed E-state index contributed by atoms with van der Waals surface area (Å²) in [7, 11) is 1.31. The van der Waals surface area contributed by atoms with Crippen LogP contribution in [0.15, 0.2) is 71.5 Å². The van der Waals surface area contributed by atoms with Gasteiger partial charge in [0, 0.05) is 5.56 Å². The fourth-order valence-corrected chi connectivity index (χ4v) is 3.83. The van der Waals surface area contributed by atoms with Crippen LogP contribution in [0.5, 0.6) is 0 Å². The van der Waals surface area contributed by atoms with E-state index in [2.05, 4.69) is 29.2 Å². The maximum absolute atomic E-state index is 12.3. The van der Waals surface area contributed by atoms with Crippen LogP contribution in [0.25, 0.3) is 22.2 Å². The van der Waals surface area contributed by atoms with Crippen molar-refractivity contribution in [3.63, 3.8) is 0 Å². The molecular formula is C25H24N4O3. The van der Waals surface area contributed by atoms with Crippen molar-refractivity contribution in [2.75, 3.05) is 7.11 Å². The Bertz CT molecular complexity index is 1330. The number of para-hydroxylation sites is 1. The summed E-state index contributed by atoms with van der Waals surface area (Å²) in [6, 6.07) is 21.6. The van der Waals surface area contributed by atoms with Gasteiger partial charge in [0.2, 0.25) is 0 Å². The molecule has 7 nitrogen and oxygen atoms in total. The van der Waals surface area contributed by atoms with Gasteiger partial charge in [0.1, 0.15) is 12.4 Å². The number of carbonyl (C=O) groups excluding carboxylic acids is 1. The first-order valence-corrected chi connectivity index (χ1v) is 10.3. The molecule has 0 saturated heterocycles. The quantitative estimate of drug-likeness (QED) is 0.238. The Morgan fingerprint density at radius 3 is 2.28 bits per heavy atom. The summed E-state index contributed by atoms with van der Waals surface area (Å²) in [6.07, 6.45) is 1.52. The molecule has 0 unspecified atom stereocenters. The highest BCUT2D eigenvalue weighted by Crippen LogP contribution is 2.22. The number of H-pyrrole nitrogens is 1. The standard InChI is InChI=1S/C25H24N4O3/c1-32-22(30)15-29-23-19(3-2-4-21(23)28-25(29)31)10-7-16-5-8-17(9-6-16)18-11-13-20(14-12-18)24(26)27/h2-6,8-9,11-14H,7,10,15H2,1H3,(H3,26,27)(H,28,31). The number of carbonyl (C=O) groups is 1. The molecule has 0 spiro atoms. The fourth-order valence-electron chi connectivity index (χ4n) is 3.83. The SMILES string of the molecule is COC(=O)Cn1c(=O)[nH]c2cccc(CCc3ccc(-c4ccc(C(=N)N)cc4)cc3)c21. The van der Waals surface area contributed by atoms with Gasteiger partial charge in [-0.15, -0.1) is 0 Å². The van der Waals surface area contributed by atoms with Gasteiger partial charge < -0.3 is 15.5 Å². The molecule has 4 rings (SSSR count). The van der Waals surface area contributed by atoms with Crippen molar-refractivity contribution in [3.05, 3.63) is 93.9 Å². The van der Waals surface area contributed by atoms with Gasteiger partial charge in [0.05, 0.1) is 18.1 Å². The van der Waals surface area contributed by atoms with Gasteiger partial charge in [-0.2, -0.15) is 0 Å². The minimum atomic E-state index is -0.463. The summed E-state index contributed by atoms with van der Waals surface area (Å²) < 4.78 is 6.17. The van der Waals surface area contributed by atoms with Crippen molar-refractivity contribution in [2.45, 2.75) is 19.4 Å². The smallest absolute Gasteiger partial charge is 0.327 e. The predicted octanol–water partition coefficient (Wildman–Crippen LogP) is 3.24. The van der Waals surface area contributed by atoms with E-state index in [0.29, 0.717) is 11.1 Å². The van der Waals surface area contributed by atoms with Gasteiger partial charge in [0.15, 0.2) is 0 Å². The third-order valence-electron chi connectivity index (χ3n) is 5.56. The number of rotatable bonds is 7. The molecule has 0 saturated carbocycles. The van der Waals surface area contributed by atoms with Crippen LogP contribution in [0, 0.1) is 5.41 Å². The maximum Gasteiger partial charge on any atom is 0.327 e. The summed E-state index contributed by atoms with van der Waals surface area (Å²) in [4.78, 5) is 26.9. The van der Waals surface area contributed by atoms with E-state index < -0.39 is 5.97 Å². The van der Waals surface area contributed by atoms with Gasteiger partial charge in [0.25, 0.3) is 0 Å². The van der Waals surface area contributed by atoms with Crippen LogP contribution in [-0.2, 0) is 28.9 Å². The number of fused-ring (bicyclic) bond motifs is 1. The van der Waals surface area contributed by atoms with Crippen molar-refractivity contribution in [1.29, 1.82) is 5.41 Å². The molecule has 32 heavy (non-hydrogen) atoms. The van der Waals surface area contributed by atoms with Gasteiger partial charge in [-0.05, 0) is 41.2 Å². The molecule has 1 heterocycles. The summed E-state index contributed by atoms with van der Waals surface area (Å²) in [5.41, 5.74) is 11.7. The first-order valence-electron chi connectivity index (χ1n) is 10.3. The van der Waals surface area contributed by atoms with E-state index in [-0.39, 0.29) is 18.1 Å². The van der Waals surface area contributed by atoms with Crippen LogP contribution >= 0.6 is 0 Å². The number of hydrogen-bond acceptors (Lipinski definition) is 4. The van der Waals surface area contributed by atoms with Gasteiger partial charge in [-0.1, -0.05) is 60.7 Å². The second-order valence-electron chi connectivity index (χ2n) is 7.59. The average Bonchev–Trinajstić information content (AvgIpc) is 3.13. The number of nitrogen functional groups attached to an aromatic ring is 1. The molecule has 3 aromatic carbocycles. The lowest BCUT2D eigenvalue weighted by Crippen LogP contribution is -2.22. The highest BCUT2D eigenvalue weighted by atomic mass is 16.5. The minimum absolute atomic E-state index is 0.0568. The lowest BCUT2D eigenvalue weighted by molar-refractivity contribution is -0.141. The molecule has 0 atom stereocenters. The van der Waals surface area contributed by atoms with Gasteiger partial charge >= 0.3 is 11.7 Å². The monoisotopic (exact) mass is 428 g/mol. The maximum atomic E-state index is 12.3. The number of nitrogens with zero attached hydrogens (tertiary/aromatic N) is 1. The molecule has 0 amide bonds. The molecule has 4 N–H and O–H groups in total. The molecule has 4 aromatic rings. The number of esters is 1. The Morgan fingerprint density at radius 2 is 1.66 bits per heavy atom. The van der Waals surface area contributed by atoms with Gasteiger partial charge in [-0.3, -0.25) is 14.8 Å². The minimum Gasteiger partial charge on any atom is -0.468 e. The van der Waals surface area contributed by atoms with Crippen molar-refractivity contribution in [3.8, 4) is 11.1 Å². The van der Waals surface area contributed by atoms with E-state index >= 15 is 0 Å². The predicted molar refractivity (Wildman–Crippen MR) is 125 cm³/mol. The number of amidine groups is 1. The number of hydrogen-bond donors (Lipinski definition) is 3. The van der Waals surface area contributed by atoms with Crippen LogP contribution in [0.2, 0.25) is 0 Å². The number of aryl methyl sites for hydroxylation is 2. The lowest BCUT2D eigenvalue weighted by Gasteiger charge is -2.09. The third-order valence-corrected chi connectivity index (χ3v) is 5.56. The Hall–Kier alpha value is -4.13. The number of nitrogens with one attached hydrogen (secondary N) is 2. The zero-order valence-corrected chi connectivity index (χ0v) is 17.7. The largest absolute Gasteiger partial charge is 0.468 e. The van der Waals surface area contributed by atoms with E-state index in [9.17, 15) is 9.59 Å². The Morgan fingerprint density at radius 1 is 1.00 bits per heavy atom. The fraction of sp³-hybridized carbons (Fsp3) is 0.160. The van der Waals surface area contributed by atoms with E-state index in [4.69, 9.17) is 15.9 Å². The Kier molecular flexibility index (Phi) is 5.89. The molecule has 0 aliphatic carbocycles. The normalized spacial score (nSPS) is 10.9. The van der Waals surface area contributed by atoms with E-state index in [1.54, 1.807) is 0 Å². The number of nitrogens with two attached hydrogens (primary N) is 1. The third kappa shape index (κ3) is 4.32. The number of aromatic amines is 1. The van der Waals surface area contributed by atoms with Crippen molar-refractivity contribution >= 4 is 22.8 Å². The first kappa shape index (κ1) is 21.1. The second-order valence-corrected chi connectivity index (χ2v) is 7.59. The van der Waals surface area contributed by atoms with E-state index in [1.165, 1.54) is 17.2 Å². The number of ether oxygens (including phenoxy) is 1. The van der Waals surface area contributed by atoms with Crippen molar-refractivity contribution in [2.24, 2.45) is 5.73 Å². The highest BCUT2D eigenvalue weighted by Gasteiger charge is 2.14. The Labute approximate surface area is 185 Å². The number of benzene rings is 3. The van der Waals surface area contributed by atoms with Crippen LogP contribution in [0.1, 0.15) is 16.7 Å². The molecule has 162 valence electrons. The average molecular weight is 428 g/mol. The Balaban J connectivity index is 1.53. The number of aromatic nitrogens is 2. The highest BCUT2D eigenvalue weighted by molar-refractivity contribution is 5.95. The molecule has 1 aromatic heterocycles. The van der Waals surface area contributed by atoms with Crippen LogP contribution < -0.4 is 11.4 Å². The van der Waals surface area contributed by atoms with Crippen molar-refractivity contribution in [1.82, 2.24) is 9.55 Å². The molecule has 0 aliphatic heterocycles. The van der Waals surface area contributed by atoms with Crippen LogP contribution in [-0.4, -0.2) is 28.5 Å². The van der Waals surface area contributed by atoms with Crippen LogP contribution in [0.4, 0.5) is 0 Å². The topological polar surface area (TPSA) is 114 Å². The van der Waals surface area contributed by atoms with E-state index in [1.807, 2.05) is 42.5 Å². The molecular weight excluding hydrogens is 404 g/mol. The summed E-state index contributed by atoms with van der Waals surface area (Å²) in [6.45, 7) is -0.122. The molecule has 0 aliphatic rings. The lowest BCUT2D eigenvalue weighted by atomic mass is 9.99. The summed E-state index contributed by atoms with van der Waals surface area (Å²) >= 11 is 0. The summed E-state index contributed by atoms with van der Waals surface area (Å²) in [5.74, 6) is -0.406. The molecule has 0 radical (unpaired) electrons. The zero-order valence-electron chi connectivity index (χ0n) is 17.7. The summed E-state index contributed by atoms with van der Waals surface area (Å²) in [5, 5.41) is 7.50. The van der Waals surface area contributed by atoms with E-state index in [0.717, 1.165) is 35.0 Å². The van der Waals surface area contributed by atoms with Crippen molar-refractivity contribution < 1.29 is 9.53 Å². The van der Waals surface area contributed by atoms with Crippen LogP contribution in [0.3, 0.4) is 0 Å². The molecule has 0 fully saturated rings. The second kappa shape index (κ2) is 8.93. The number of imidazole rings is 1. The zero-order chi connectivity index (χ0) is 22.7. The molecule has 7 heteroatoms. The van der Waals surface area contributed by atoms with Gasteiger partial charge in [-0.25, -0.2) is 4.79 Å². The number of methoxy groups -OCH3 is 1.